The zero-order chi connectivity index (χ0) is 24.7. The summed E-state index contributed by atoms with van der Waals surface area (Å²) in [7, 11) is 0. The molecule has 174 valence electrons. The van der Waals surface area contributed by atoms with Crippen LogP contribution in [0.4, 0.5) is 0 Å². The van der Waals surface area contributed by atoms with E-state index >= 15 is 0 Å². The normalized spacial score (nSPS) is 9.67. The molecule has 4 heteroatoms. The summed E-state index contributed by atoms with van der Waals surface area (Å²) in [5.41, 5.74) is 1.06. The smallest absolute Gasteiger partial charge is 0.0701 e. The lowest BCUT2D eigenvalue weighted by molar-refractivity contribution is 1.33. The first kappa shape index (κ1) is 24.2. The maximum Gasteiger partial charge on any atom is 0.0701 e. The van der Waals surface area contributed by atoms with E-state index in [1.54, 1.807) is 12.4 Å². The number of aromatic nitrogens is 4. The Morgan fingerprint density at radius 2 is 0.806 bits per heavy atom. The maximum atomic E-state index is 4.18. The molecule has 0 spiro atoms. The van der Waals surface area contributed by atoms with Gasteiger partial charge in [0.15, 0.2) is 0 Å². The van der Waals surface area contributed by atoms with Crippen LogP contribution in [0.2, 0.25) is 0 Å². The predicted octanol–water partition coefficient (Wildman–Crippen LogP) is 7.79. The van der Waals surface area contributed by atoms with Gasteiger partial charge in [0.25, 0.3) is 0 Å². The van der Waals surface area contributed by atoms with Gasteiger partial charge in [-0.05, 0) is 57.9 Å². The van der Waals surface area contributed by atoms with Crippen molar-refractivity contribution in [3.05, 3.63) is 159 Å². The molecule has 3 aromatic carbocycles. The molecule has 0 atom stereocenters. The van der Waals surface area contributed by atoms with Crippen molar-refractivity contribution in [1.82, 2.24) is 19.9 Å². The zero-order valence-corrected chi connectivity index (χ0v) is 19.8. The van der Waals surface area contributed by atoms with Gasteiger partial charge in [-0.1, -0.05) is 78.9 Å². The number of pyridine rings is 4. The van der Waals surface area contributed by atoms with Crippen molar-refractivity contribution in [3.63, 3.8) is 0 Å². The number of fused-ring (bicyclic) bond motifs is 3. The van der Waals surface area contributed by atoms with Gasteiger partial charge in [-0.25, -0.2) is 0 Å². The molecule has 0 amide bonds. The van der Waals surface area contributed by atoms with Crippen LogP contribution in [0.5, 0.6) is 0 Å². The Bertz CT molecular complexity index is 1210. The van der Waals surface area contributed by atoms with Crippen molar-refractivity contribution in [2.24, 2.45) is 0 Å². The van der Waals surface area contributed by atoms with Crippen LogP contribution in [0.1, 0.15) is 0 Å². The Morgan fingerprint density at radius 1 is 0.306 bits per heavy atom. The minimum atomic E-state index is 1.06. The summed E-state index contributed by atoms with van der Waals surface area (Å²) in [6.45, 7) is 0. The molecule has 0 saturated heterocycles. The zero-order valence-electron chi connectivity index (χ0n) is 19.8. The molecule has 7 rings (SSSR count). The van der Waals surface area contributed by atoms with E-state index in [-0.39, 0.29) is 0 Å². The summed E-state index contributed by atoms with van der Waals surface area (Å²) in [6, 6.07) is 38.2. The molecule has 4 aromatic heterocycles. The molecule has 0 aliphatic rings. The van der Waals surface area contributed by atoms with Crippen LogP contribution in [0.25, 0.3) is 32.4 Å². The van der Waals surface area contributed by atoms with E-state index < -0.39 is 0 Å². The summed E-state index contributed by atoms with van der Waals surface area (Å²) in [5.74, 6) is 0. The van der Waals surface area contributed by atoms with E-state index in [0.29, 0.717) is 0 Å². The molecular weight excluding hydrogens is 440 g/mol. The summed E-state index contributed by atoms with van der Waals surface area (Å²) >= 11 is 0. The standard InChI is InChI=1S/3C9H7N.C5H5N/c1-2-6-9-8(4-1)5-3-7-10-9;2*1-2-4-9-7-10-6-5-8(9)3-1;1-2-4-6-5-3-1/h3*1-7H;1-5H. The van der Waals surface area contributed by atoms with Crippen LogP contribution < -0.4 is 0 Å². The molecular formula is C32H26N4. The highest BCUT2D eigenvalue weighted by atomic mass is 14.6. The lowest BCUT2D eigenvalue weighted by atomic mass is 10.2. The molecule has 7 aromatic rings. The monoisotopic (exact) mass is 466 g/mol. The van der Waals surface area contributed by atoms with E-state index in [2.05, 4.69) is 56.3 Å². The molecule has 36 heavy (non-hydrogen) atoms. The SMILES string of the molecule is c1ccc2cnccc2c1.c1ccc2cnccc2c1.c1ccc2ncccc2c1.c1ccncc1. The second-order valence-electron chi connectivity index (χ2n) is 7.67. The highest BCUT2D eigenvalue weighted by Gasteiger charge is 1.88. The van der Waals surface area contributed by atoms with Crippen molar-refractivity contribution < 1.29 is 0 Å². The number of hydrogen-bond acceptors (Lipinski definition) is 4. The van der Waals surface area contributed by atoms with Crippen LogP contribution in [0.3, 0.4) is 0 Å². The highest BCUT2D eigenvalue weighted by molar-refractivity contribution is 5.81. The van der Waals surface area contributed by atoms with Crippen molar-refractivity contribution in [2.45, 2.75) is 0 Å². The predicted molar refractivity (Wildman–Crippen MR) is 149 cm³/mol. The minimum Gasteiger partial charge on any atom is -0.265 e. The number of hydrogen-bond donors (Lipinski definition) is 0. The quantitative estimate of drug-likeness (QED) is 0.229. The second-order valence-corrected chi connectivity index (χ2v) is 7.67. The fourth-order valence-corrected chi connectivity index (χ4v) is 3.38. The van der Waals surface area contributed by atoms with Gasteiger partial charge in [-0.15, -0.1) is 0 Å². The lowest BCUT2D eigenvalue weighted by Crippen LogP contribution is -1.73. The van der Waals surface area contributed by atoms with Crippen molar-refractivity contribution >= 4 is 32.4 Å². The lowest BCUT2D eigenvalue weighted by Gasteiger charge is -1.91. The summed E-state index contributed by atoms with van der Waals surface area (Å²) in [6.07, 6.45) is 12.7. The van der Waals surface area contributed by atoms with Crippen LogP contribution in [-0.2, 0) is 0 Å². The topological polar surface area (TPSA) is 51.6 Å². The van der Waals surface area contributed by atoms with E-state index in [1.165, 1.54) is 26.9 Å². The first-order valence-electron chi connectivity index (χ1n) is 11.6. The van der Waals surface area contributed by atoms with Gasteiger partial charge in [0.1, 0.15) is 0 Å². The Labute approximate surface area is 211 Å². The maximum absolute atomic E-state index is 4.18. The number of nitrogens with zero attached hydrogens (tertiary/aromatic N) is 4. The number of benzene rings is 3. The van der Waals surface area contributed by atoms with Crippen molar-refractivity contribution in [2.75, 3.05) is 0 Å². The molecule has 0 fully saturated rings. The Kier molecular flexibility index (Phi) is 9.18. The highest BCUT2D eigenvalue weighted by Crippen LogP contribution is 2.10. The molecule has 4 heterocycles. The van der Waals surface area contributed by atoms with Gasteiger partial charge in [0.05, 0.1) is 5.52 Å². The fraction of sp³-hybridized carbons (Fsp3) is 0. The average Bonchev–Trinajstić information content (AvgIpc) is 2.99. The first-order valence-corrected chi connectivity index (χ1v) is 11.6. The van der Waals surface area contributed by atoms with E-state index in [9.17, 15) is 0 Å². The van der Waals surface area contributed by atoms with Crippen molar-refractivity contribution in [1.29, 1.82) is 0 Å². The molecule has 0 radical (unpaired) electrons. The largest absolute Gasteiger partial charge is 0.265 e. The van der Waals surface area contributed by atoms with Gasteiger partial charge in [-0.2, -0.15) is 0 Å². The molecule has 0 saturated carbocycles. The Morgan fingerprint density at radius 3 is 1.28 bits per heavy atom. The van der Waals surface area contributed by atoms with E-state index in [1.807, 2.05) is 110 Å². The van der Waals surface area contributed by atoms with Gasteiger partial charge < -0.3 is 0 Å². The molecule has 0 aliphatic heterocycles. The number of para-hydroxylation sites is 1. The van der Waals surface area contributed by atoms with Crippen LogP contribution >= 0.6 is 0 Å². The van der Waals surface area contributed by atoms with Crippen molar-refractivity contribution in [3.8, 4) is 0 Å². The van der Waals surface area contributed by atoms with Gasteiger partial charge in [-0.3, -0.25) is 19.9 Å². The van der Waals surface area contributed by atoms with Gasteiger partial charge in [0, 0.05) is 48.8 Å². The molecule has 0 aliphatic carbocycles. The molecule has 0 unspecified atom stereocenters. The third-order valence-corrected chi connectivity index (χ3v) is 5.18. The first-order chi connectivity index (χ1) is 17.9. The van der Waals surface area contributed by atoms with Crippen LogP contribution in [0.15, 0.2) is 159 Å². The van der Waals surface area contributed by atoms with E-state index in [4.69, 9.17) is 0 Å². The minimum absolute atomic E-state index is 1.06. The third kappa shape index (κ3) is 7.54. The third-order valence-electron chi connectivity index (χ3n) is 5.18. The van der Waals surface area contributed by atoms with Gasteiger partial charge >= 0.3 is 0 Å². The van der Waals surface area contributed by atoms with Crippen LogP contribution in [-0.4, -0.2) is 19.9 Å². The summed E-state index contributed by atoms with van der Waals surface area (Å²) in [5, 5.41) is 6.09. The molecule has 0 N–H and O–H groups in total. The Balaban J connectivity index is 0.000000115. The molecule has 4 nitrogen and oxygen atoms in total. The average molecular weight is 467 g/mol. The fourth-order valence-electron chi connectivity index (χ4n) is 3.38. The Hall–Kier alpha value is -4.96. The van der Waals surface area contributed by atoms with Crippen LogP contribution in [0, 0.1) is 0 Å². The number of rotatable bonds is 0. The molecule has 0 bridgehead atoms. The van der Waals surface area contributed by atoms with Gasteiger partial charge in [0.2, 0.25) is 0 Å². The second kappa shape index (κ2) is 13.7. The van der Waals surface area contributed by atoms with E-state index in [0.717, 1.165) is 5.52 Å². The summed E-state index contributed by atoms with van der Waals surface area (Å²) < 4.78 is 0. The summed E-state index contributed by atoms with van der Waals surface area (Å²) in [4.78, 5) is 16.0.